The molecule has 2 aliphatic rings. The maximum absolute atomic E-state index is 10.3. The van der Waals surface area contributed by atoms with Crippen LogP contribution in [0.3, 0.4) is 0 Å². The minimum atomic E-state index is -0.449. The summed E-state index contributed by atoms with van der Waals surface area (Å²) in [6.07, 6.45) is -0.449. The number of ether oxygens (including phenoxy) is 2. The van der Waals surface area contributed by atoms with Gasteiger partial charge in [-0.2, -0.15) is 11.8 Å². The third-order valence-electron chi connectivity index (χ3n) is 4.74. The highest BCUT2D eigenvalue weighted by atomic mass is 32.2. The predicted octanol–water partition coefficient (Wildman–Crippen LogP) is 1.60. The Morgan fingerprint density at radius 1 is 1.32 bits per heavy atom. The first-order chi connectivity index (χ1) is 12.1. The molecule has 5 nitrogen and oxygen atoms in total. The Labute approximate surface area is 155 Å². The maximum atomic E-state index is 10.3. The number of benzene rings is 1. The van der Waals surface area contributed by atoms with Crippen LogP contribution in [-0.4, -0.2) is 73.6 Å². The molecule has 0 amide bonds. The zero-order valence-corrected chi connectivity index (χ0v) is 15.9. The van der Waals surface area contributed by atoms with Crippen LogP contribution >= 0.6 is 11.8 Å². The van der Waals surface area contributed by atoms with Crippen molar-refractivity contribution < 1.29 is 14.6 Å². The van der Waals surface area contributed by atoms with Gasteiger partial charge in [0.2, 0.25) is 0 Å². The normalized spacial score (nSPS) is 21.5. The molecule has 0 aliphatic carbocycles. The quantitative estimate of drug-likeness (QED) is 0.692. The smallest absolute Gasteiger partial charge is 0.123 e. The standard InChI is InChI=1S/C19H30N2O3S/c1-19(14-23-15-19)13-20-10-16-4-2-3-5-18(16)24-12-17(22)11-21-6-8-25-9-7-21/h2-5,17,20,22H,6-15H2,1H3. The Kier molecular flexibility index (Phi) is 7.01. The molecule has 0 saturated carbocycles. The van der Waals surface area contributed by atoms with Crippen molar-refractivity contribution in [2.45, 2.75) is 19.6 Å². The third-order valence-corrected chi connectivity index (χ3v) is 5.69. The van der Waals surface area contributed by atoms with Gasteiger partial charge in [0.25, 0.3) is 0 Å². The first kappa shape index (κ1) is 19.0. The molecule has 0 spiro atoms. The van der Waals surface area contributed by atoms with Crippen molar-refractivity contribution in [2.24, 2.45) is 5.41 Å². The van der Waals surface area contributed by atoms with E-state index in [1.165, 1.54) is 0 Å². The van der Waals surface area contributed by atoms with Gasteiger partial charge in [-0.05, 0) is 6.07 Å². The SMILES string of the molecule is CC1(CNCc2ccccc2OCC(O)CN2CCSCC2)COC1. The van der Waals surface area contributed by atoms with Gasteiger partial charge in [-0.1, -0.05) is 25.1 Å². The largest absolute Gasteiger partial charge is 0.491 e. The Morgan fingerprint density at radius 3 is 2.80 bits per heavy atom. The molecule has 0 radical (unpaired) electrons. The van der Waals surface area contributed by atoms with Gasteiger partial charge in [-0.15, -0.1) is 0 Å². The lowest BCUT2D eigenvalue weighted by molar-refractivity contribution is -0.0991. The molecule has 1 atom stereocenters. The molecule has 140 valence electrons. The average molecular weight is 367 g/mol. The Hall–Kier alpha value is -0.790. The zero-order chi connectivity index (χ0) is 17.5. The van der Waals surface area contributed by atoms with Crippen LogP contribution in [0.4, 0.5) is 0 Å². The molecular weight excluding hydrogens is 336 g/mol. The van der Waals surface area contributed by atoms with E-state index in [0.29, 0.717) is 13.2 Å². The number of thioether (sulfide) groups is 1. The van der Waals surface area contributed by atoms with E-state index in [1.807, 2.05) is 30.0 Å². The van der Waals surface area contributed by atoms with Crippen LogP contribution < -0.4 is 10.1 Å². The molecular formula is C19H30N2O3S. The first-order valence-electron chi connectivity index (χ1n) is 9.12. The predicted molar refractivity (Wildman–Crippen MR) is 102 cm³/mol. The molecule has 0 aromatic heterocycles. The van der Waals surface area contributed by atoms with Crippen molar-refractivity contribution in [1.29, 1.82) is 0 Å². The van der Waals surface area contributed by atoms with Gasteiger partial charge < -0.3 is 19.9 Å². The van der Waals surface area contributed by atoms with Crippen molar-refractivity contribution in [3.8, 4) is 5.75 Å². The third kappa shape index (κ3) is 5.86. The lowest BCUT2D eigenvalue weighted by atomic mass is 9.89. The van der Waals surface area contributed by atoms with E-state index in [2.05, 4.69) is 23.2 Å². The van der Waals surface area contributed by atoms with Gasteiger partial charge in [0.05, 0.1) is 13.2 Å². The van der Waals surface area contributed by atoms with Crippen LogP contribution in [0.1, 0.15) is 12.5 Å². The molecule has 2 N–H and O–H groups in total. The molecule has 1 unspecified atom stereocenters. The highest BCUT2D eigenvalue weighted by Gasteiger charge is 2.32. The van der Waals surface area contributed by atoms with E-state index < -0.39 is 6.10 Å². The fraction of sp³-hybridized carbons (Fsp3) is 0.684. The molecule has 2 heterocycles. The molecule has 3 rings (SSSR count). The van der Waals surface area contributed by atoms with E-state index in [-0.39, 0.29) is 5.41 Å². The fourth-order valence-electron chi connectivity index (χ4n) is 3.16. The van der Waals surface area contributed by atoms with Crippen molar-refractivity contribution in [1.82, 2.24) is 10.2 Å². The second-order valence-electron chi connectivity index (χ2n) is 7.39. The van der Waals surface area contributed by atoms with Crippen LogP contribution in [-0.2, 0) is 11.3 Å². The van der Waals surface area contributed by atoms with Crippen LogP contribution in [0.5, 0.6) is 5.75 Å². The zero-order valence-electron chi connectivity index (χ0n) is 15.1. The number of para-hydroxylation sites is 1. The second-order valence-corrected chi connectivity index (χ2v) is 8.62. The second kappa shape index (κ2) is 9.24. The lowest BCUT2D eigenvalue weighted by Gasteiger charge is -2.38. The van der Waals surface area contributed by atoms with Crippen LogP contribution in [0.25, 0.3) is 0 Å². The lowest BCUT2D eigenvalue weighted by Crippen LogP contribution is -2.47. The Morgan fingerprint density at radius 2 is 2.08 bits per heavy atom. The number of hydrogen-bond acceptors (Lipinski definition) is 6. The van der Waals surface area contributed by atoms with Crippen molar-refractivity contribution in [3.05, 3.63) is 29.8 Å². The minimum Gasteiger partial charge on any atom is -0.491 e. The van der Waals surface area contributed by atoms with E-state index in [4.69, 9.17) is 9.47 Å². The van der Waals surface area contributed by atoms with Gasteiger partial charge in [0, 0.05) is 55.2 Å². The van der Waals surface area contributed by atoms with Gasteiger partial charge in [0.15, 0.2) is 0 Å². The summed E-state index contributed by atoms with van der Waals surface area (Å²) < 4.78 is 11.2. The summed E-state index contributed by atoms with van der Waals surface area (Å²) in [6, 6.07) is 8.07. The molecule has 6 heteroatoms. The van der Waals surface area contributed by atoms with E-state index in [9.17, 15) is 5.11 Å². The molecule has 1 aromatic carbocycles. The first-order valence-corrected chi connectivity index (χ1v) is 10.3. The highest BCUT2D eigenvalue weighted by molar-refractivity contribution is 7.99. The van der Waals surface area contributed by atoms with Crippen molar-refractivity contribution in [2.75, 3.05) is 57.5 Å². The number of nitrogens with zero attached hydrogens (tertiary/aromatic N) is 1. The van der Waals surface area contributed by atoms with E-state index in [1.54, 1.807) is 0 Å². The summed E-state index contributed by atoms with van der Waals surface area (Å²) in [5.74, 6) is 3.18. The number of aliphatic hydroxyl groups is 1. The average Bonchev–Trinajstić information content (AvgIpc) is 2.60. The number of rotatable bonds is 9. The highest BCUT2D eigenvalue weighted by Crippen LogP contribution is 2.25. The molecule has 1 aromatic rings. The van der Waals surface area contributed by atoms with Crippen LogP contribution in [0.15, 0.2) is 24.3 Å². The number of β-amino-alcohol motifs (C(OH)–C–C–N with tert-alkyl or cyclic N) is 1. The Bertz CT molecular complexity index is 533. The summed E-state index contributed by atoms with van der Waals surface area (Å²) >= 11 is 1.98. The molecule has 2 saturated heterocycles. The topological polar surface area (TPSA) is 54.0 Å². The number of aliphatic hydroxyl groups excluding tert-OH is 1. The van der Waals surface area contributed by atoms with Gasteiger partial charge >= 0.3 is 0 Å². The van der Waals surface area contributed by atoms with Crippen LogP contribution in [0.2, 0.25) is 0 Å². The number of hydrogen-bond donors (Lipinski definition) is 2. The van der Waals surface area contributed by atoms with Crippen molar-refractivity contribution >= 4 is 11.8 Å². The molecule has 2 fully saturated rings. The van der Waals surface area contributed by atoms with E-state index >= 15 is 0 Å². The van der Waals surface area contributed by atoms with Gasteiger partial charge in [0.1, 0.15) is 18.5 Å². The summed E-state index contributed by atoms with van der Waals surface area (Å²) in [7, 11) is 0. The maximum Gasteiger partial charge on any atom is 0.123 e. The summed E-state index contributed by atoms with van der Waals surface area (Å²) in [5, 5.41) is 13.8. The Balaban J connectivity index is 1.43. The van der Waals surface area contributed by atoms with Crippen molar-refractivity contribution in [3.63, 3.8) is 0 Å². The summed E-state index contributed by atoms with van der Waals surface area (Å²) in [6.45, 7) is 8.77. The molecule has 2 aliphatic heterocycles. The summed E-state index contributed by atoms with van der Waals surface area (Å²) in [5.41, 5.74) is 1.39. The monoisotopic (exact) mass is 366 g/mol. The molecule has 25 heavy (non-hydrogen) atoms. The van der Waals surface area contributed by atoms with Gasteiger partial charge in [-0.3, -0.25) is 4.90 Å². The number of nitrogens with one attached hydrogen (secondary N) is 1. The fourth-order valence-corrected chi connectivity index (χ4v) is 4.14. The summed E-state index contributed by atoms with van der Waals surface area (Å²) in [4.78, 5) is 2.32. The minimum absolute atomic E-state index is 0.263. The molecule has 0 bridgehead atoms. The van der Waals surface area contributed by atoms with Crippen LogP contribution in [0, 0.1) is 5.41 Å². The van der Waals surface area contributed by atoms with Gasteiger partial charge in [-0.25, -0.2) is 0 Å². The van der Waals surface area contributed by atoms with E-state index in [0.717, 1.165) is 62.2 Å².